The van der Waals surface area contributed by atoms with Crippen molar-refractivity contribution in [1.82, 2.24) is 10.2 Å². The van der Waals surface area contributed by atoms with Gasteiger partial charge in [0, 0.05) is 36.2 Å². The number of nitrogens with one attached hydrogen (secondary N) is 1. The van der Waals surface area contributed by atoms with E-state index in [-0.39, 0.29) is 12.0 Å². The van der Waals surface area contributed by atoms with Crippen molar-refractivity contribution < 1.29 is 4.39 Å². The Kier molecular flexibility index (Phi) is 3.91. The summed E-state index contributed by atoms with van der Waals surface area (Å²) >= 11 is 3.34. The summed E-state index contributed by atoms with van der Waals surface area (Å²) in [6.45, 7) is 3.52. The lowest BCUT2D eigenvalue weighted by Gasteiger charge is -2.32. The minimum atomic E-state index is -0.361. The van der Waals surface area contributed by atoms with Gasteiger partial charge in [0.1, 0.15) is 5.82 Å². The molecule has 0 saturated carbocycles. The minimum absolute atomic E-state index is 0.241. The Morgan fingerprint density at radius 2 is 2.06 bits per heavy atom. The van der Waals surface area contributed by atoms with Crippen LogP contribution in [0.1, 0.15) is 11.7 Å². The summed E-state index contributed by atoms with van der Waals surface area (Å²) in [6, 6.07) is 4.88. The van der Waals surface area contributed by atoms with E-state index in [1.54, 1.807) is 12.1 Å². The van der Waals surface area contributed by atoms with E-state index in [9.17, 15) is 4.39 Å². The van der Waals surface area contributed by atoms with Gasteiger partial charge < -0.3 is 11.1 Å². The van der Waals surface area contributed by atoms with Crippen LogP contribution in [-0.4, -0.2) is 31.1 Å². The molecule has 1 fully saturated rings. The van der Waals surface area contributed by atoms with Crippen LogP contribution in [0, 0.1) is 5.82 Å². The van der Waals surface area contributed by atoms with Gasteiger partial charge in [-0.1, -0.05) is 15.9 Å². The molecule has 1 saturated heterocycles. The van der Waals surface area contributed by atoms with Crippen molar-refractivity contribution in [1.29, 1.82) is 0 Å². The topological polar surface area (TPSA) is 41.3 Å². The maximum atomic E-state index is 13.6. The fraction of sp³-hybridized carbons (Fsp3) is 0.455. The van der Waals surface area contributed by atoms with Gasteiger partial charge in [-0.15, -0.1) is 0 Å². The lowest BCUT2D eigenvalue weighted by atomic mass is 10.1. The fourth-order valence-electron chi connectivity index (χ4n) is 1.90. The zero-order valence-electron chi connectivity index (χ0n) is 8.92. The Bertz CT molecular complexity index is 366. The molecule has 3 N–H and O–H groups in total. The maximum absolute atomic E-state index is 13.6. The Labute approximate surface area is 103 Å². The highest BCUT2D eigenvalue weighted by molar-refractivity contribution is 9.10. The summed E-state index contributed by atoms with van der Waals surface area (Å²) in [4.78, 5) is 2.08. The van der Waals surface area contributed by atoms with Crippen LogP contribution < -0.4 is 11.1 Å². The molecule has 0 bridgehead atoms. The van der Waals surface area contributed by atoms with Crippen LogP contribution in [0.2, 0.25) is 0 Å². The summed E-state index contributed by atoms with van der Waals surface area (Å²) in [6.07, 6.45) is -0.361. The molecule has 1 unspecified atom stereocenters. The van der Waals surface area contributed by atoms with Gasteiger partial charge in [-0.3, -0.25) is 4.90 Å². The lowest BCUT2D eigenvalue weighted by molar-refractivity contribution is 0.174. The third-order valence-electron chi connectivity index (χ3n) is 2.82. The number of nitrogens with two attached hydrogens (primary N) is 1. The van der Waals surface area contributed by atoms with E-state index in [1.165, 1.54) is 6.07 Å². The van der Waals surface area contributed by atoms with Crippen molar-refractivity contribution in [3.8, 4) is 0 Å². The van der Waals surface area contributed by atoms with E-state index in [2.05, 4.69) is 26.1 Å². The van der Waals surface area contributed by atoms with Gasteiger partial charge in [0.05, 0.1) is 6.17 Å². The highest BCUT2D eigenvalue weighted by Gasteiger charge is 2.20. The molecular formula is C11H15BrFN3. The Hall–Kier alpha value is -0.490. The highest BCUT2D eigenvalue weighted by atomic mass is 79.9. The summed E-state index contributed by atoms with van der Waals surface area (Å²) in [5.74, 6) is -0.241. The summed E-state index contributed by atoms with van der Waals surface area (Å²) in [7, 11) is 0. The van der Waals surface area contributed by atoms with Gasteiger partial charge in [-0.25, -0.2) is 4.39 Å². The Balaban J connectivity index is 2.18. The van der Waals surface area contributed by atoms with Crippen LogP contribution in [0.4, 0.5) is 4.39 Å². The molecule has 1 heterocycles. The van der Waals surface area contributed by atoms with Gasteiger partial charge in [0.2, 0.25) is 0 Å². The predicted octanol–water partition coefficient (Wildman–Crippen LogP) is 1.45. The second kappa shape index (κ2) is 5.23. The molecule has 88 valence electrons. The normalized spacial score (nSPS) is 19.7. The van der Waals surface area contributed by atoms with Crippen molar-refractivity contribution in [3.05, 3.63) is 34.1 Å². The van der Waals surface area contributed by atoms with Crippen LogP contribution in [0.25, 0.3) is 0 Å². The molecule has 0 radical (unpaired) electrons. The fourth-order valence-corrected chi connectivity index (χ4v) is 2.28. The molecule has 2 rings (SSSR count). The van der Waals surface area contributed by atoms with Crippen molar-refractivity contribution >= 4 is 15.9 Å². The molecule has 1 aliphatic rings. The summed E-state index contributed by atoms with van der Waals surface area (Å²) in [5.41, 5.74) is 6.63. The minimum Gasteiger partial charge on any atom is -0.314 e. The van der Waals surface area contributed by atoms with Gasteiger partial charge in [-0.05, 0) is 18.2 Å². The first kappa shape index (κ1) is 12.0. The first-order valence-corrected chi connectivity index (χ1v) is 6.13. The van der Waals surface area contributed by atoms with E-state index in [0.717, 1.165) is 30.7 Å². The van der Waals surface area contributed by atoms with Gasteiger partial charge in [-0.2, -0.15) is 0 Å². The average Bonchev–Trinajstić information content (AvgIpc) is 2.32. The van der Waals surface area contributed by atoms with Crippen LogP contribution in [-0.2, 0) is 0 Å². The van der Waals surface area contributed by atoms with Gasteiger partial charge in [0.15, 0.2) is 0 Å². The van der Waals surface area contributed by atoms with E-state index in [4.69, 9.17) is 5.73 Å². The lowest BCUT2D eigenvalue weighted by Crippen LogP contribution is -2.47. The summed E-state index contributed by atoms with van der Waals surface area (Å²) in [5, 5.41) is 3.25. The quantitative estimate of drug-likeness (QED) is 0.865. The first-order valence-electron chi connectivity index (χ1n) is 5.34. The third kappa shape index (κ3) is 2.60. The van der Waals surface area contributed by atoms with Crippen LogP contribution in [0.15, 0.2) is 22.7 Å². The number of piperazine rings is 1. The Morgan fingerprint density at radius 3 is 2.75 bits per heavy atom. The molecule has 5 heteroatoms. The molecule has 0 aliphatic carbocycles. The van der Waals surface area contributed by atoms with Crippen LogP contribution in [0.3, 0.4) is 0 Å². The van der Waals surface area contributed by atoms with Crippen molar-refractivity contribution in [3.63, 3.8) is 0 Å². The molecule has 0 aromatic heterocycles. The number of hydrogen-bond donors (Lipinski definition) is 2. The molecular weight excluding hydrogens is 273 g/mol. The maximum Gasteiger partial charge on any atom is 0.129 e. The molecule has 1 atom stereocenters. The van der Waals surface area contributed by atoms with Crippen LogP contribution in [0.5, 0.6) is 0 Å². The van der Waals surface area contributed by atoms with E-state index in [1.807, 2.05) is 0 Å². The van der Waals surface area contributed by atoms with Crippen molar-refractivity contribution in [2.75, 3.05) is 26.2 Å². The number of nitrogens with zero attached hydrogens (tertiary/aromatic N) is 1. The largest absolute Gasteiger partial charge is 0.314 e. The predicted molar refractivity (Wildman–Crippen MR) is 65.5 cm³/mol. The molecule has 0 amide bonds. The number of benzene rings is 1. The van der Waals surface area contributed by atoms with E-state index < -0.39 is 0 Å². The molecule has 1 aromatic rings. The van der Waals surface area contributed by atoms with Crippen molar-refractivity contribution in [2.24, 2.45) is 5.73 Å². The van der Waals surface area contributed by atoms with E-state index >= 15 is 0 Å². The SMILES string of the molecule is NC(c1cc(Br)ccc1F)N1CCNCC1. The highest BCUT2D eigenvalue weighted by Crippen LogP contribution is 2.22. The van der Waals surface area contributed by atoms with E-state index in [0.29, 0.717) is 5.56 Å². The second-order valence-electron chi connectivity index (χ2n) is 3.90. The molecule has 1 aliphatic heterocycles. The number of rotatable bonds is 2. The number of halogens is 2. The Morgan fingerprint density at radius 1 is 1.38 bits per heavy atom. The zero-order valence-corrected chi connectivity index (χ0v) is 10.5. The second-order valence-corrected chi connectivity index (χ2v) is 4.81. The first-order chi connectivity index (χ1) is 7.68. The molecule has 16 heavy (non-hydrogen) atoms. The standard InChI is InChI=1S/C11H15BrFN3/c12-8-1-2-10(13)9(7-8)11(14)16-5-3-15-4-6-16/h1-2,7,11,15H,3-6,14H2. The molecule has 1 aromatic carbocycles. The third-order valence-corrected chi connectivity index (χ3v) is 3.31. The molecule has 0 spiro atoms. The molecule has 3 nitrogen and oxygen atoms in total. The number of hydrogen-bond acceptors (Lipinski definition) is 3. The average molecular weight is 288 g/mol. The monoisotopic (exact) mass is 287 g/mol. The zero-order chi connectivity index (χ0) is 11.5. The van der Waals surface area contributed by atoms with Crippen molar-refractivity contribution in [2.45, 2.75) is 6.17 Å². The summed E-state index contributed by atoms with van der Waals surface area (Å²) < 4.78 is 14.5. The van der Waals surface area contributed by atoms with Crippen LogP contribution >= 0.6 is 15.9 Å². The van der Waals surface area contributed by atoms with Gasteiger partial charge >= 0.3 is 0 Å². The van der Waals surface area contributed by atoms with Gasteiger partial charge in [0.25, 0.3) is 0 Å². The smallest absolute Gasteiger partial charge is 0.129 e.